The van der Waals surface area contributed by atoms with E-state index in [9.17, 15) is 9.59 Å². The zero-order valence-electron chi connectivity index (χ0n) is 8.78. The van der Waals surface area contributed by atoms with Crippen LogP contribution in [-0.2, 0) is 0 Å². The molecule has 0 bridgehead atoms. The van der Waals surface area contributed by atoms with Gasteiger partial charge in [0.05, 0.1) is 11.0 Å². The fourth-order valence-electron chi connectivity index (χ4n) is 1.57. The summed E-state index contributed by atoms with van der Waals surface area (Å²) in [7, 11) is 0. The van der Waals surface area contributed by atoms with Gasteiger partial charge < -0.3 is 0 Å². The fraction of sp³-hybridized carbons (Fsp3) is 0.300. The topological polar surface area (TPSA) is 51.4 Å². The Morgan fingerprint density at radius 3 is 2.88 bits per heavy atom. The van der Waals surface area contributed by atoms with E-state index in [0.29, 0.717) is 10.7 Å². The summed E-state index contributed by atoms with van der Waals surface area (Å²) in [6, 6.07) is 0. The summed E-state index contributed by atoms with van der Waals surface area (Å²) in [5.41, 5.74) is 1.21. The van der Waals surface area contributed by atoms with Crippen molar-refractivity contribution < 1.29 is 4.79 Å². The lowest BCUT2D eigenvalue weighted by Gasteiger charge is -2.03. The number of halogens is 1. The molecule has 2 aromatic heterocycles. The van der Waals surface area contributed by atoms with Gasteiger partial charge >= 0.3 is 0 Å². The van der Waals surface area contributed by atoms with E-state index in [2.05, 4.69) is 20.9 Å². The lowest BCUT2D eigenvalue weighted by Crippen LogP contribution is -2.25. The van der Waals surface area contributed by atoms with Crippen LogP contribution in [0.3, 0.4) is 0 Å². The number of alkyl halides is 1. The Hall–Kier alpha value is -1.01. The summed E-state index contributed by atoms with van der Waals surface area (Å²) in [4.78, 5) is 28.7. The van der Waals surface area contributed by atoms with Crippen molar-refractivity contribution in [1.82, 2.24) is 9.38 Å². The third-order valence-electron chi connectivity index (χ3n) is 2.32. The van der Waals surface area contributed by atoms with Crippen molar-refractivity contribution in [1.29, 1.82) is 0 Å². The maximum Gasteiger partial charge on any atom is 0.269 e. The van der Waals surface area contributed by atoms with E-state index in [-0.39, 0.29) is 22.2 Å². The van der Waals surface area contributed by atoms with E-state index >= 15 is 0 Å². The molecule has 0 aliphatic carbocycles. The van der Waals surface area contributed by atoms with Gasteiger partial charge in [-0.25, -0.2) is 4.98 Å². The molecule has 0 aromatic carbocycles. The average Bonchev–Trinajstić information content (AvgIpc) is 2.59. The van der Waals surface area contributed by atoms with Crippen LogP contribution >= 0.6 is 27.3 Å². The molecule has 0 amide bonds. The first-order valence-electron chi connectivity index (χ1n) is 4.63. The minimum Gasteiger partial charge on any atom is -0.293 e. The monoisotopic (exact) mass is 300 g/mol. The van der Waals surface area contributed by atoms with E-state index < -0.39 is 0 Å². The third kappa shape index (κ3) is 1.62. The van der Waals surface area contributed by atoms with Crippen LogP contribution in [0.5, 0.6) is 0 Å². The summed E-state index contributed by atoms with van der Waals surface area (Å²) >= 11 is 4.47. The first kappa shape index (κ1) is 11.5. The van der Waals surface area contributed by atoms with Crippen LogP contribution < -0.4 is 5.56 Å². The summed E-state index contributed by atoms with van der Waals surface area (Å²) in [5.74, 6) is -0.227. The third-order valence-corrected chi connectivity index (χ3v) is 3.77. The summed E-state index contributed by atoms with van der Waals surface area (Å²) < 4.78 is 1.48. The molecule has 2 aromatic rings. The number of hydrogen-bond acceptors (Lipinski definition) is 4. The lowest BCUT2D eigenvalue weighted by atomic mass is 10.2. The Morgan fingerprint density at radius 1 is 1.56 bits per heavy atom. The van der Waals surface area contributed by atoms with Crippen LogP contribution in [0, 0.1) is 13.8 Å². The zero-order chi connectivity index (χ0) is 11.9. The smallest absolute Gasteiger partial charge is 0.269 e. The van der Waals surface area contributed by atoms with Crippen LogP contribution in [0.15, 0.2) is 10.2 Å². The molecule has 0 unspecified atom stereocenters. The highest BCUT2D eigenvalue weighted by atomic mass is 79.9. The molecule has 4 nitrogen and oxygen atoms in total. The van der Waals surface area contributed by atoms with Gasteiger partial charge in [-0.3, -0.25) is 14.0 Å². The standard InChI is InChI=1S/C10H9BrN2O2S/c1-5-4-16-10-12-6(2)8(7(14)3-11)9(15)13(5)10/h4H,3H2,1-2H3. The highest BCUT2D eigenvalue weighted by Gasteiger charge is 2.17. The molecule has 0 aliphatic rings. The maximum atomic E-state index is 12.1. The van der Waals surface area contributed by atoms with Crippen LogP contribution in [0.25, 0.3) is 4.96 Å². The van der Waals surface area contributed by atoms with Gasteiger partial charge in [-0.15, -0.1) is 11.3 Å². The van der Waals surface area contributed by atoms with Gasteiger partial charge in [0.2, 0.25) is 0 Å². The number of fused-ring (bicyclic) bond motifs is 1. The normalized spacial score (nSPS) is 10.9. The highest BCUT2D eigenvalue weighted by Crippen LogP contribution is 2.13. The Kier molecular flexibility index (Phi) is 2.94. The number of carbonyl (C=O) groups is 1. The number of aryl methyl sites for hydroxylation is 2. The molecule has 2 rings (SSSR count). The summed E-state index contributed by atoms with van der Waals surface area (Å²) in [5, 5.41) is 1.99. The molecule has 16 heavy (non-hydrogen) atoms. The molecular weight excluding hydrogens is 292 g/mol. The van der Waals surface area contributed by atoms with Crippen molar-refractivity contribution in [2.75, 3.05) is 5.33 Å². The van der Waals surface area contributed by atoms with E-state index in [1.807, 2.05) is 12.3 Å². The number of hydrogen-bond donors (Lipinski definition) is 0. The maximum absolute atomic E-state index is 12.1. The Bertz CT molecular complexity index is 630. The SMILES string of the molecule is Cc1nc2scc(C)n2c(=O)c1C(=O)CBr. The Balaban J connectivity index is 2.89. The van der Waals surface area contributed by atoms with Gasteiger partial charge in [0.25, 0.3) is 5.56 Å². The second-order valence-electron chi connectivity index (χ2n) is 3.43. The number of rotatable bonds is 2. The minimum atomic E-state index is -0.272. The van der Waals surface area contributed by atoms with Crippen molar-refractivity contribution in [3.63, 3.8) is 0 Å². The van der Waals surface area contributed by atoms with E-state index in [1.54, 1.807) is 6.92 Å². The largest absolute Gasteiger partial charge is 0.293 e. The molecule has 0 fully saturated rings. The molecule has 0 aliphatic heterocycles. The zero-order valence-corrected chi connectivity index (χ0v) is 11.2. The van der Waals surface area contributed by atoms with E-state index in [4.69, 9.17) is 0 Å². The van der Waals surface area contributed by atoms with E-state index in [1.165, 1.54) is 15.7 Å². The van der Waals surface area contributed by atoms with Crippen LogP contribution in [0.2, 0.25) is 0 Å². The van der Waals surface area contributed by atoms with E-state index in [0.717, 1.165) is 5.69 Å². The van der Waals surface area contributed by atoms with Crippen molar-refractivity contribution in [2.45, 2.75) is 13.8 Å². The second-order valence-corrected chi connectivity index (χ2v) is 4.83. The number of aromatic nitrogens is 2. The van der Waals surface area contributed by atoms with Crippen molar-refractivity contribution in [3.05, 3.63) is 32.7 Å². The van der Waals surface area contributed by atoms with Crippen molar-refractivity contribution in [2.24, 2.45) is 0 Å². The van der Waals surface area contributed by atoms with Crippen LogP contribution in [-0.4, -0.2) is 20.5 Å². The van der Waals surface area contributed by atoms with Gasteiger partial charge in [-0.2, -0.15) is 0 Å². The molecule has 0 spiro atoms. The Morgan fingerprint density at radius 2 is 2.25 bits per heavy atom. The molecule has 0 saturated heterocycles. The van der Waals surface area contributed by atoms with Gasteiger partial charge in [0.15, 0.2) is 10.7 Å². The van der Waals surface area contributed by atoms with Crippen molar-refractivity contribution in [3.8, 4) is 0 Å². The van der Waals surface area contributed by atoms with Gasteiger partial charge in [-0.1, -0.05) is 15.9 Å². The summed E-state index contributed by atoms with van der Waals surface area (Å²) in [6.45, 7) is 3.51. The molecule has 6 heteroatoms. The Labute approximate surface area is 104 Å². The quantitative estimate of drug-likeness (QED) is 0.629. The van der Waals surface area contributed by atoms with Crippen LogP contribution in [0.1, 0.15) is 21.7 Å². The average molecular weight is 301 g/mol. The predicted molar refractivity (Wildman–Crippen MR) is 66.9 cm³/mol. The second kappa shape index (κ2) is 4.10. The number of thiazole rings is 1. The van der Waals surface area contributed by atoms with Crippen LogP contribution in [0.4, 0.5) is 0 Å². The number of Topliss-reactive ketones (excluding diaryl/α,β-unsaturated/α-hetero) is 1. The number of ketones is 1. The molecule has 0 atom stereocenters. The first-order valence-corrected chi connectivity index (χ1v) is 6.63. The van der Waals surface area contributed by atoms with Crippen molar-refractivity contribution >= 4 is 38.0 Å². The first-order chi connectivity index (χ1) is 7.56. The van der Waals surface area contributed by atoms with Gasteiger partial charge in [0.1, 0.15) is 5.56 Å². The lowest BCUT2D eigenvalue weighted by molar-refractivity contribution is 0.102. The number of nitrogens with zero attached hydrogens (tertiary/aromatic N) is 2. The molecule has 0 radical (unpaired) electrons. The fourth-order valence-corrected chi connectivity index (χ4v) is 2.76. The molecule has 84 valence electrons. The molecule has 2 heterocycles. The molecule has 0 N–H and O–H groups in total. The number of carbonyl (C=O) groups excluding carboxylic acids is 1. The highest BCUT2D eigenvalue weighted by molar-refractivity contribution is 9.09. The van der Waals surface area contributed by atoms with Gasteiger partial charge in [-0.05, 0) is 13.8 Å². The summed E-state index contributed by atoms with van der Waals surface area (Å²) in [6.07, 6.45) is 0. The molecular formula is C10H9BrN2O2S. The predicted octanol–water partition coefficient (Wildman–Crippen LogP) is 1.95. The minimum absolute atomic E-state index is 0.139. The van der Waals surface area contributed by atoms with Gasteiger partial charge in [0, 0.05) is 11.1 Å². The molecule has 0 saturated carbocycles.